The summed E-state index contributed by atoms with van der Waals surface area (Å²) < 4.78 is 4.53. The smallest absolute Gasteiger partial charge is 0.305 e. The molecular weight excluding hydrogens is 278 g/mol. The number of unbranched alkanes of at least 4 members (excludes halogenated alkanes) is 9. The lowest BCUT2D eigenvalue weighted by atomic mass is 10.1. The summed E-state index contributed by atoms with van der Waals surface area (Å²) in [6.07, 6.45) is 14.3. The summed E-state index contributed by atoms with van der Waals surface area (Å²) in [5, 5.41) is 2.91. The lowest BCUT2D eigenvalue weighted by molar-refractivity contribution is -0.140. The summed E-state index contributed by atoms with van der Waals surface area (Å²) in [6.45, 7) is 3.01. The van der Waals surface area contributed by atoms with Crippen molar-refractivity contribution in [3.8, 4) is 0 Å². The van der Waals surface area contributed by atoms with E-state index >= 15 is 0 Å². The largest absolute Gasteiger partial charge is 0.469 e. The van der Waals surface area contributed by atoms with Crippen LogP contribution in [0.1, 0.15) is 90.4 Å². The Labute approximate surface area is 136 Å². The number of hydrogen-bond donors (Lipinski definition) is 1. The fourth-order valence-corrected chi connectivity index (χ4v) is 2.42. The maximum Gasteiger partial charge on any atom is 0.305 e. The van der Waals surface area contributed by atoms with E-state index in [1.165, 1.54) is 64.9 Å². The van der Waals surface area contributed by atoms with Gasteiger partial charge < -0.3 is 10.1 Å². The van der Waals surface area contributed by atoms with Crippen LogP contribution in [0.4, 0.5) is 0 Å². The highest BCUT2D eigenvalue weighted by atomic mass is 16.5. The molecule has 0 saturated heterocycles. The number of carbonyl (C=O) groups is 2. The lowest BCUT2D eigenvalue weighted by Gasteiger charge is -2.05. The average Bonchev–Trinajstić information content (AvgIpc) is 2.52. The second-order valence-electron chi connectivity index (χ2n) is 5.96. The van der Waals surface area contributed by atoms with Crippen LogP contribution < -0.4 is 5.32 Å². The predicted octanol–water partition coefficient (Wildman–Crippen LogP) is 4.37. The molecule has 0 rings (SSSR count). The minimum absolute atomic E-state index is 0.0415. The van der Waals surface area contributed by atoms with Gasteiger partial charge in [0.2, 0.25) is 5.91 Å². The van der Waals surface area contributed by atoms with E-state index in [-0.39, 0.29) is 11.9 Å². The maximum absolute atomic E-state index is 11.5. The number of amides is 1. The Morgan fingerprint density at radius 2 is 1.32 bits per heavy atom. The third-order valence-electron chi connectivity index (χ3n) is 3.86. The van der Waals surface area contributed by atoms with Crippen molar-refractivity contribution in [2.45, 2.75) is 90.4 Å². The zero-order chi connectivity index (χ0) is 16.5. The monoisotopic (exact) mass is 313 g/mol. The minimum atomic E-state index is -0.248. The van der Waals surface area contributed by atoms with Crippen LogP contribution >= 0.6 is 0 Å². The summed E-state index contributed by atoms with van der Waals surface area (Å²) in [5.74, 6) is -0.206. The molecule has 4 heteroatoms. The standard InChI is InChI=1S/C18H35NO3/c1-3-4-5-6-7-8-9-10-11-12-16-19-17(20)14-13-15-18(21)22-2/h3-16H2,1-2H3,(H,19,20). The molecule has 0 aromatic heterocycles. The third-order valence-corrected chi connectivity index (χ3v) is 3.86. The quantitative estimate of drug-likeness (QED) is 0.361. The highest BCUT2D eigenvalue weighted by Crippen LogP contribution is 2.10. The molecule has 0 fully saturated rings. The molecule has 0 aromatic carbocycles. The summed E-state index contributed by atoms with van der Waals surface area (Å²) in [5.41, 5.74) is 0. The van der Waals surface area contributed by atoms with E-state index in [0.717, 1.165) is 13.0 Å². The van der Waals surface area contributed by atoms with Crippen LogP contribution in [0.3, 0.4) is 0 Å². The zero-order valence-electron chi connectivity index (χ0n) is 14.6. The SMILES string of the molecule is CCCCCCCCCCCCNC(=O)CCCC(=O)OC. The third kappa shape index (κ3) is 15.3. The molecule has 0 radical (unpaired) electrons. The zero-order valence-corrected chi connectivity index (χ0v) is 14.6. The van der Waals surface area contributed by atoms with Crippen molar-refractivity contribution in [2.24, 2.45) is 0 Å². The van der Waals surface area contributed by atoms with Gasteiger partial charge in [-0.05, 0) is 12.8 Å². The van der Waals surface area contributed by atoms with Gasteiger partial charge in [-0.3, -0.25) is 9.59 Å². The van der Waals surface area contributed by atoms with Crippen LogP contribution in [0.2, 0.25) is 0 Å². The van der Waals surface area contributed by atoms with E-state index in [4.69, 9.17) is 0 Å². The summed E-state index contributed by atoms with van der Waals surface area (Å²) in [6, 6.07) is 0. The number of esters is 1. The van der Waals surface area contributed by atoms with Gasteiger partial charge in [-0.25, -0.2) is 0 Å². The molecule has 0 aliphatic rings. The number of hydrogen-bond acceptors (Lipinski definition) is 3. The fourth-order valence-electron chi connectivity index (χ4n) is 2.42. The molecular formula is C18H35NO3. The number of ether oxygens (including phenoxy) is 1. The number of nitrogens with one attached hydrogen (secondary N) is 1. The number of methoxy groups -OCH3 is 1. The van der Waals surface area contributed by atoms with Crippen molar-refractivity contribution in [1.29, 1.82) is 0 Å². The first-order chi connectivity index (χ1) is 10.7. The van der Waals surface area contributed by atoms with Crippen LogP contribution in [0, 0.1) is 0 Å². The van der Waals surface area contributed by atoms with Crippen molar-refractivity contribution >= 4 is 11.9 Å². The molecule has 0 bridgehead atoms. The van der Waals surface area contributed by atoms with Crippen LogP contribution in [-0.4, -0.2) is 25.5 Å². The Kier molecular flexibility index (Phi) is 15.5. The molecule has 22 heavy (non-hydrogen) atoms. The van der Waals surface area contributed by atoms with Gasteiger partial charge >= 0.3 is 5.97 Å². The Morgan fingerprint density at radius 3 is 1.86 bits per heavy atom. The van der Waals surface area contributed by atoms with Gasteiger partial charge in [-0.2, -0.15) is 0 Å². The van der Waals surface area contributed by atoms with Crippen LogP contribution in [0.25, 0.3) is 0 Å². The van der Waals surface area contributed by atoms with Gasteiger partial charge in [-0.15, -0.1) is 0 Å². The van der Waals surface area contributed by atoms with Gasteiger partial charge in [-0.1, -0.05) is 64.7 Å². The first-order valence-corrected chi connectivity index (χ1v) is 9.04. The van der Waals surface area contributed by atoms with E-state index in [2.05, 4.69) is 17.0 Å². The second-order valence-corrected chi connectivity index (χ2v) is 5.96. The van der Waals surface area contributed by atoms with Gasteiger partial charge in [0, 0.05) is 19.4 Å². The first kappa shape index (κ1) is 20.9. The van der Waals surface area contributed by atoms with Crippen LogP contribution in [-0.2, 0) is 14.3 Å². The predicted molar refractivity (Wildman–Crippen MR) is 90.7 cm³/mol. The van der Waals surface area contributed by atoms with Crippen LogP contribution in [0.15, 0.2) is 0 Å². The van der Waals surface area contributed by atoms with Crippen molar-refractivity contribution in [3.05, 3.63) is 0 Å². The normalized spacial score (nSPS) is 10.5. The summed E-state index contributed by atoms with van der Waals surface area (Å²) in [4.78, 5) is 22.4. The fraction of sp³-hybridized carbons (Fsp3) is 0.889. The molecule has 0 spiro atoms. The Bertz CT molecular complexity index is 280. The van der Waals surface area contributed by atoms with E-state index in [0.29, 0.717) is 19.3 Å². The molecule has 1 amide bonds. The Balaban J connectivity index is 3.18. The van der Waals surface area contributed by atoms with E-state index < -0.39 is 0 Å². The molecule has 0 aliphatic carbocycles. The van der Waals surface area contributed by atoms with E-state index in [9.17, 15) is 9.59 Å². The minimum Gasteiger partial charge on any atom is -0.469 e. The topological polar surface area (TPSA) is 55.4 Å². The van der Waals surface area contributed by atoms with Crippen molar-refractivity contribution in [3.63, 3.8) is 0 Å². The van der Waals surface area contributed by atoms with Gasteiger partial charge in [0.15, 0.2) is 0 Å². The van der Waals surface area contributed by atoms with Crippen molar-refractivity contribution in [2.75, 3.05) is 13.7 Å². The Hall–Kier alpha value is -1.06. The molecule has 130 valence electrons. The molecule has 0 heterocycles. The van der Waals surface area contributed by atoms with Crippen molar-refractivity contribution in [1.82, 2.24) is 5.32 Å². The number of carbonyl (C=O) groups excluding carboxylic acids is 2. The molecule has 0 saturated carbocycles. The van der Waals surface area contributed by atoms with Gasteiger partial charge in [0.05, 0.1) is 7.11 Å². The maximum atomic E-state index is 11.5. The molecule has 0 unspecified atom stereocenters. The second kappa shape index (κ2) is 16.3. The average molecular weight is 313 g/mol. The van der Waals surface area contributed by atoms with Gasteiger partial charge in [0.1, 0.15) is 0 Å². The molecule has 0 aromatic rings. The van der Waals surface area contributed by atoms with Crippen molar-refractivity contribution < 1.29 is 14.3 Å². The number of rotatable bonds is 15. The highest BCUT2D eigenvalue weighted by molar-refractivity contribution is 5.76. The summed E-state index contributed by atoms with van der Waals surface area (Å²) >= 11 is 0. The molecule has 1 N–H and O–H groups in total. The highest BCUT2D eigenvalue weighted by Gasteiger charge is 2.04. The molecule has 0 aliphatic heterocycles. The van der Waals surface area contributed by atoms with E-state index in [1.54, 1.807) is 0 Å². The summed E-state index contributed by atoms with van der Waals surface area (Å²) in [7, 11) is 1.37. The Morgan fingerprint density at radius 1 is 0.773 bits per heavy atom. The molecule has 0 atom stereocenters. The van der Waals surface area contributed by atoms with Gasteiger partial charge in [0.25, 0.3) is 0 Å². The van der Waals surface area contributed by atoms with Crippen LogP contribution in [0.5, 0.6) is 0 Å². The lowest BCUT2D eigenvalue weighted by Crippen LogP contribution is -2.24. The first-order valence-electron chi connectivity index (χ1n) is 9.04. The van der Waals surface area contributed by atoms with E-state index in [1.807, 2.05) is 0 Å². The molecule has 4 nitrogen and oxygen atoms in total.